The smallest absolute Gasteiger partial charge is 0.338 e. The van der Waals surface area contributed by atoms with Crippen LogP contribution in [0.3, 0.4) is 0 Å². The molecule has 7 nitrogen and oxygen atoms in total. The van der Waals surface area contributed by atoms with E-state index in [1.54, 1.807) is 24.8 Å². The van der Waals surface area contributed by atoms with Crippen LogP contribution in [-0.4, -0.2) is 28.1 Å². The zero-order chi connectivity index (χ0) is 19.1. The van der Waals surface area contributed by atoms with E-state index >= 15 is 0 Å². The number of carbonyl (C=O) groups excluding carboxylic acids is 1. The highest BCUT2D eigenvalue weighted by molar-refractivity contribution is 8.17. The Morgan fingerprint density at radius 2 is 2.15 bits per heavy atom. The van der Waals surface area contributed by atoms with Gasteiger partial charge in [0.15, 0.2) is 5.17 Å². The summed E-state index contributed by atoms with van der Waals surface area (Å²) in [6.07, 6.45) is 4.15. The molecule has 4 rings (SSSR count). The van der Waals surface area contributed by atoms with Crippen molar-refractivity contribution in [3.8, 4) is 0 Å². The number of benzene rings is 1. The number of allylic oxidation sites excluding steroid dienone is 3. The fourth-order valence-electron chi connectivity index (χ4n) is 3.87. The topological polar surface area (TPSA) is 85.0 Å². The summed E-state index contributed by atoms with van der Waals surface area (Å²) in [5, 5.41) is 12.1. The van der Waals surface area contributed by atoms with Gasteiger partial charge in [0.1, 0.15) is 0 Å². The van der Waals surface area contributed by atoms with Crippen LogP contribution < -0.4 is 0 Å². The molecule has 140 valence electrons. The molecule has 8 heteroatoms. The summed E-state index contributed by atoms with van der Waals surface area (Å²) in [4.78, 5) is 31.5. The number of non-ortho nitro benzene ring substituents is 1. The molecule has 1 aromatic carbocycles. The number of esters is 1. The second-order valence-corrected chi connectivity index (χ2v) is 7.75. The standard InChI is InChI=1S/C19H19N3O4S/c1-11-16(18(23)26-2)17(12-6-5-7-13(10-12)22(24)25)21-14-8-3-4-9-15(14)27-19(21)20-11/h5-7,10,17H,3-4,8-9H2,1-2H3/t17-/m1/s1. The number of nitro groups is 1. The first-order valence-corrected chi connectivity index (χ1v) is 9.64. The summed E-state index contributed by atoms with van der Waals surface area (Å²) in [5.41, 5.74) is 2.90. The maximum Gasteiger partial charge on any atom is 0.338 e. The third kappa shape index (κ3) is 2.93. The molecule has 2 heterocycles. The normalized spacial score (nSPS) is 21.6. The lowest BCUT2D eigenvalue weighted by atomic mass is 9.92. The minimum Gasteiger partial charge on any atom is -0.466 e. The molecule has 0 N–H and O–H groups in total. The van der Waals surface area contributed by atoms with E-state index in [1.807, 2.05) is 6.07 Å². The average molecular weight is 385 g/mol. The lowest BCUT2D eigenvalue weighted by Crippen LogP contribution is -2.36. The SMILES string of the molecule is COC(=O)C1=C(C)N=C2SC3=C(CCCC3)N2[C@@H]1c1cccc([N+](=O)[O-])c1. The Kier molecular flexibility index (Phi) is 4.51. The predicted molar refractivity (Wildman–Crippen MR) is 103 cm³/mol. The van der Waals surface area contributed by atoms with Gasteiger partial charge in [-0.1, -0.05) is 23.9 Å². The molecule has 1 aliphatic carbocycles. The van der Waals surface area contributed by atoms with Gasteiger partial charge in [0.25, 0.3) is 5.69 Å². The van der Waals surface area contributed by atoms with Crippen molar-refractivity contribution < 1.29 is 14.5 Å². The van der Waals surface area contributed by atoms with Gasteiger partial charge < -0.3 is 9.64 Å². The number of rotatable bonds is 3. The van der Waals surface area contributed by atoms with Crippen LogP contribution in [0.5, 0.6) is 0 Å². The van der Waals surface area contributed by atoms with Gasteiger partial charge in [-0.2, -0.15) is 0 Å². The molecule has 0 saturated carbocycles. The number of nitro benzene ring substituents is 1. The van der Waals surface area contributed by atoms with E-state index in [0.29, 0.717) is 16.8 Å². The minimum absolute atomic E-state index is 0.00290. The number of nitrogens with zero attached hydrogens (tertiary/aromatic N) is 3. The molecule has 0 saturated heterocycles. The minimum atomic E-state index is -0.469. The molecule has 0 bridgehead atoms. The van der Waals surface area contributed by atoms with E-state index < -0.39 is 16.9 Å². The van der Waals surface area contributed by atoms with Gasteiger partial charge >= 0.3 is 5.97 Å². The molecule has 0 unspecified atom stereocenters. The second-order valence-electron chi connectivity index (χ2n) is 6.69. The molecule has 0 spiro atoms. The van der Waals surface area contributed by atoms with E-state index in [-0.39, 0.29) is 5.69 Å². The van der Waals surface area contributed by atoms with E-state index in [2.05, 4.69) is 9.89 Å². The number of amidine groups is 1. The van der Waals surface area contributed by atoms with Crippen LogP contribution in [0, 0.1) is 10.1 Å². The van der Waals surface area contributed by atoms with Gasteiger partial charge in [-0.25, -0.2) is 9.79 Å². The summed E-state index contributed by atoms with van der Waals surface area (Å²) >= 11 is 1.65. The summed E-state index contributed by atoms with van der Waals surface area (Å²) in [6, 6.07) is 6.00. The van der Waals surface area contributed by atoms with Crippen molar-refractivity contribution in [2.24, 2.45) is 4.99 Å². The summed E-state index contributed by atoms with van der Waals surface area (Å²) in [5.74, 6) is -0.457. The lowest BCUT2D eigenvalue weighted by Gasteiger charge is -2.36. The first kappa shape index (κ1) is 17.8. The monoisotopic (exact) mass is 385 g/mol. The van der Waals surface area contributed by atoms with Crippen LogP contribution >= 0.6 is 11.8 Å². The predicted octanol–water partition coefficient (Wildman–Crippen LogP) is 4.29. The van der Waals surface area contributed by atoms with Crippen molar-refractivity contribution in [1.82, 2.24) is 4.90 Å². The van der Waals surface area contributed by atoms with Crippen molar-refractivity contribution in [1.29, 1.82) is 0 Å². The average Bonchev–Trinajstić information content (AvgIpc) is 3.04. The van der Waals surface area contributed by atoms with Gasteiger partial charge in [-0.3, -0.25) is 10.1 Å². The van der Waals surface area contributed by atoms with Crippen molar-refractivity contribution in [2.45, 2.75) is 38.6 Å². The Bertz CT molecular complexity index is 935. The van der Waals surface area contributed by atoms with Crippen LogP contribution in [0.1, 0.15) is 44.2 Å². The largest absolute Gasteiger partial charge is 0.466 e. The molecule has 0 radical (unpaired) electrons. The zero-order valence-electron chi connectivity index (χ0n) is 15.1. The quantitative estimate of drug-likeness (QED) is 0.438. The molecule has 2 aliphatic heterocycles. The van der Waals surface area contributed by atoms with Crippen LogP contribution in [0.4, 0.5) is 5.69 Å². The molecule has 1 aromatic rings. The first-order valence-electron chi connectivity index (χ1n) is 8.82. The number of ether oxygens (including phenoxy) is 1. The fourth-order valence-corrected chi connectivity index (χ4v) is 5.15. The van der Waals surface area contributed by atoms with E-state index in [1.165, 1.54) is 29.8 Å². The van der Waals surface area contributed by atoms with Crippen molar-refractivity contribution in [2.75, 3.05) is 7.11 Å². The zero-order valence-corrected chi connectivity index (χ0v) is 15.9. The number of carbonyl (C=O) groups is 1. The number of methoxy groups -OCH3 is 1. The van der Waals surface area contributed by atoms with Gasteiger partial charge in [-0.05, 0) is 38.2 Å². The molecular formula is C19H19N3O4S. The molecule has 1 atom stereocenters. The van der Waals surface area contributed by atoms with Crippen LogP contribution in [0.2, 0.25) is 0 Å². The molecule has 3 aliphatic rings. The summed E-state index contributed by atoms with van der Waals surface area (Å²) in [6.45, 7) is 1.79. The van der Waals surface area contributed by atoms with Crippen LogP contribution in [-0.2, 0) is 9.53 Å². The Balaban J connectivity index is 1.89. The van der Waals surface area contributed by atoms with Crippen molar-refractivity contribution in [3.05, 3.63) is 61.8 Å². The highest BCUT2D eigenvalue weighted by Crippen LogP contribution is 2.51. The third-order valence-electron chi connectivity index (χ3n) is 5.09. The first-order chi connectivity index (χ1) is 13.0. The number of hydrogen-bond donors (Lipinski definition) is 0. The number of aliphatic imine (C=N–C) groups is 1. The van der Waals surface area contributed by atoms with Crippen LogP contribution in [0.25, 0.3) is 0 Å². The van der Waals surface area contributed by atoms with Crippen LogP contribution in [0.15, 0.2) is 51.1 Å². The Morgan fingerprint density at radius 1 is 1.37 bits per heavy atom. The second kappa shape index (κ2) is 6.84. The molecule has 0 fully saturated rings. The summed E-state index contributed by atoms with van der Waals surface area (Å²) in [7, 11) is 1.34. The number of fused-ring (bicyclic) bond motifs is 2. The lowest BCUT2D eigenvalue weighted by molar-refractivity contribution is -0.384. The Morgan fingerprint density at radius 3 is 2.89 bits per heavy atom. The Hall–Kier alpha value is -2.61. The van der Waals surface area contributed by atoms with Gasteiger partial charge in [-0.15, -0.1) is 0 Å². The molecule has 0 aromatic heterocycles. The van der Waals surface area contributed by atoms with Gasteiger partial charge in [0.2, 0.25) is 0 Å². The highest BCUT2D eigenvalue weighted by Gasteiger charge is 2.43. The summed E-state index contributed by atoms with van der Waals surface area (Å²) < 4.78 is 5.02. The number of thioether (sulfide) groups is 1. The maximum atomic E-state index is 12.6. The van der Waals surface area contributed by atoms with E-state index in [0.717, 1.165) is 30.9 Å². The highest BCUT2D eigenvalue weighted by atomic mass is 32.2. The number of hydrogen-bond acceptors (Lipinski definition) is 7. The van der Waals surface area contributed by atoms with E-state index in [4.69, 9.17) is 4.74 Å². The van der Waals surface area contributed by atoms with Gasteiger partial charge in [0.05, 0.1) is 29.3 Å². The third-order valence-corrected chi connectivity index (χ3v) is 6.24. The molecule has 0 amide bonds. The van der Waals surface area contributed by atoms with E-state index in [9.17, 15) is 14.9 Å². The molecule has 27 heavy (non-hydrogen) atoms. The van der Waals surface area contributed by atoms with Crippen molar-refractivity contribution in [3.63, 3.8) is 0 Å². The molecular weight excluding hydrogens is 366 g/mol. The Labute approximate surface area is 160 Å². The maximum absolute atomic E-state index is 12.6. The fraction of sp³-hybridized carbons (Fsp3) is 0.368. The van der Waals surface area contributed by atoms with Gasteiger partial charge in [0, 0.05) is 22.7 Å². The van der Waals surface area contributed by atoms with Crippen molar-refractivity contribution >= 4 is 28.6 Å².